The standard InChI is InChI=1S/C23H27ClN2O3/c24-21-5-2-1-4-18(21)12-14-26(13-3-15-27)22-10-8-19-16-17(6-9-20(19)22)7-11-23(28)25-29/h1-2,4-7,9,11,16,22,27,29H,3,8,10,12-15H2,(H,25,28)/b11-7+/t22-/m1/s1. The quantitative estimate of drug-likeness (QED) is 0.332. The molecule has 29 heavy (non-hydrogen) atoms. The summed E-state index contributed by atoms with van der Waals surface area (Å²) in [6.07, 6.45) is 6.63. The first-order valence-corrected chi connectivity index (χ1v) is 10.3. The smallest absolute Gasteiger partial charge is 0.267 e. The van der Waals surface area contributed by atoms with Crippen molar-refractivity contribution >= 4 is 23.6 Å². The molecule has 1 amide bonds. The molecular weight excluding hydrogens is 388 g/mol. The van der Waals surface area contributed by atoms with Crippen molar-refractivity contribution in [1.82, 2.24) is 10.4 Å². The average molecular weight is 415 g/mol. The van der Waals surface area contributed by atoms with Crippen LogP contribution in [0.5, 0.6) is 0 Å². The molecule has 0 saturated heterocycles. The number of hydroxylamine groups is 1. The highest BCUT2D eigenvalue weighted by atomic mass is 35.5. The number of benzene rings is 2. The minimum Gasteiger partial charge on any atom is -0.396 e. The topological polar surface area (TPSA) is 72.8 Å². The van der Waals surface area contributed by atoms with E-state index in [0.717, 1.165) is 54.9 Å². The first-order valence-electron chi connectivity index (χ1n) is 9.95. The molecule has 3 N–H and O–H groups in total. The monoisotopic (exact) mass is 414 g/mol. The second kappa shape index (κ2) is 10.6. The molecule has 1 atom stereocenters. The average Bonchev–Trinajstić information content (AvgIpc) is 3.16. The number of fused-ring (bicyclic) bond motifs is 1. The van der Waals surface area contributed by atoms with Gasteiger partial charge in [0, 0.05) is 36.8 Å². The number of halogens is 1. The summed E-state index contributed by atoms with van der Waals surface area (Å²) >= 11 is 6.32. The summed E-state index contributed by atoms with van der Waals surface area (Å²) in [5.41, 5.74) is 6.27. The van der Waals surface area contributed by atoms with E-state index in [0.29, 0.717) is 6.04 Å². The van der Waals surface area contributed by atoms with Gasteiger partial charge >= 0.3 is 0 Å². The lowest BCUT2D eigenvalue weighted by Crippen LogP contribution is -2.31. The minimum absolute atomic E-state index is 0.179. The summed E-state index contributed by atoms with van der Waals surface area (Å²) in [5.74, 6) is -0.543. The van der Waals surface area contributed by atoms with E-state index in [-0.39, 0.29) is 6.61 Å². The van der Waals surface area contributed by atoms with Gasteiger partial charge in [-0.25, -0.2) is 5.48 Å². The Morgan fingerprint density at radius 3 is 2.83 bits per heavy atom. The van der Waals surface area contributed by atoms with Crippen LogP contribution in [-0.2, 0) is 17.6 Å². The Hall–Kier alpha value is -2.18. The summed E-state index contributed by atoms with van der Waals surface area (Å²) in [5, 5.41) is 18.7. The zero-order valence-electron chi connectivity index (χ0n) is 16.4. The number of nitrogens with zero attached hydrogens (tertiary/aromatic N) is 1. The molecule has 154 valence electrons. The van der Waals surface area contributed by atoms with Gasteiger partial charge in [-0.2, -0.15) is 0 Å². The SMILES string of the molecule is O=C(/C=C/c1ccc2c(c1)CC[C@H]2N(CCCO)CCc1ccccc1Cl)NO. The normalized spacial score (nSPS) is 15.8. The van der Waals surface area contributed by atoms with Crippen molar-refractivity contribution in [3.05, 3.63) is 75.8 Å². The molecule has 0 saturated carbocycles. The number of nitrogens with one attached hydrogen (secondary N) is 1. The fourth-order valence-corrected chi connectivity index (χ4v) is 4.20. The van der Waals surface area contributed by atoms with Gasteiger partial charge in [0.25, 0.3) is 5.91 Å². The zero-order valence-corrected chi connectivity index (χ0v) is 17.1. The molecule has 0 unspecified atom stereocenters. The van der Waals surface area contributed by atoms with Crippen molar-refractivity contribution in [3.63, 3.8) is 0 Å². The molecule has 3 rings (SSSR count). The number of hydrogen-bond donors (Lipinski definition) is 3. The Labute approximate surface area is 176 Å². The highest BCUT2D eigenvalue weighted by Crippen LogP contribution is 2.36. The third-order valence-electron chi connectivity index (χ3n) is 5.42. The second-order valence-electron chi connectivity index (χ2n) is 7.28. The van der Waals surface area contributed by atoms with Crippen LogP contribution in [-0.4, -0.2) is 40.8 Å². The highest BCUT2D eigenvalue weighted by molar-refractivity contribution is 6.31. The molecule has 6 heteroatoms. The lowest BCUT2D eigenvalue weighted by atomic mass is 10.0. The molecule has 0 radical (unpaired) electrons. The van der Waals surface area contributed by atoms with Gasteiger partial charge in [0.1, 0.15) is 0 Å². The number of carbonyl (C=O) groups is 1. The maximum atomic E-state index is 11.2. The van der Waals surface area contributed by atoms with Crippen LogP contribution in [0.25, 0.3) is 6.08 Å². The third-order valence-corrected chi connectivity index (χ3v) is 5.79. The fraction of sp³-hybridized carbons (Fsp3) is 0.348. The summed E-state index contributed by atoms with van der Waals surface area (Å²) in [7, 11) is 0. The van der Waals surface area contributed by atoms with E-state index in [2.05, 4.69) is 23.1 Å². The number of aryl methyl sites for hydroxylation is 1. The first kappa shape index (κ1) is 21.5. The van der Waals surface area contributed by atoms with E-state index in [1.54, 1.807) is 11.6 Å². The third kappa shape index (κ3) is 5.67. The van der Waals surface area contributed by atoms with Gasteiger partial charge in [-0.05, 0) is 60.1 Å². The van der Waals surface area contributed by atoms with Crippen LogP contribution in [0.15, 0.2) is 48.5 Å². The Morgan fingerprint density at radius 2 is 2.07 bits per heavy atom. The number of hydrogen-bond acceptors (Lipinski definition) is 4. The molecule has 0 heterocycles. The maximum Gasteiger partial charge on any atom is 0.267 e. The summed E-state index contributed by atoms with van der Waals surface area (Å²) in [6, 6.07) is 14.5. The first-order chi connectivity index (χ1) is 14.1. The van der Waals surface area contributed by atoms with Crippen LogP contribution in [0.4, 0.5) is 0 Å². The molecule has 2 aromatic carbocycles. The van der Waals surface area contributed by atoms with E-state index in [1.165, 1.54) is 17.2 Å². The number of aliphatic hydroxyl groups excluding tert-OH is 1. The molecule has 1 aliphatic carbocycles. The lowest BCUT2D eigenvalue weighted by molar-refractivity contribution is -0.124. The summed E-state index contributed by atoms with van der Waals surface area (Å²) in [6.45, 7) is 1.90. The molecule has 2 aromatic rings. The van der Waals surface area contributed by atoms with Crippen LogP contribution in [0.2, 0.25) is 5.02 Å². The lowest BCUT2D eigenvalue weighted by Gasteiger charge is -2.30. The predicted molar refractivity (Wildman–Crippen MR) is 115 cm³/mol. The van der Waals surface area contributed by atoms with Gasteiger partial charge < -0.3 is 5.11 Å². The Balaban J connectivity index is 1.74. The van der Waals surface area contributed by atoms with Crippen LogP contribution in [0, 0.1) is 0 Å². The summed E-state index contributed by atoms with van der Waals surface area (Å²) in [4.78, 5) is 13.6. The Morgan fingerprint density at radius 1 is 1.24 bits per heavy atom. The van der Waals surface area contributed by atoms with Crippen molar-refractivity contribution < 1.29 is 15.1 Å². The van der Waals surface area contributed by atoms with E-state index in [1.807, 2.05) is 24.3 Å². The molecular formula is C23H27ClN2O3. The van der Waals surface area contributed by atoms with Gasteiger partial charge in [0.2, 0.25) is 0 Å². The zero-order chi connectivity index (χ0) is 20.6. The van der Waals surface area contributed by atoms with Crippen molar-refractivity contribution in [2.24, 2.45) is 0 Å². The number of amides is 1. The van der Waals surface area contributed by atoms with Crippen LogP contribution < -0.4 is 5.48 Å². The summed E-state index contributed by atoms with van der Waals surface area (Å²) < 4.78 is 0. The van der Waals surface area contributed by atoms with Gasteiger partial charge in [-0.1, -0.05) is 48.0 Å². The maximum absolute atomic E-state index is 11.2. The predicted octanol–water partition coefficient (Wildman–Crippen LogP) is 3.77. The van der Waals surface area contributed by atoms with E-state index >= 15 is 0 Å². The van der Waals surface area contributed by atoms with Crippen molar-refractivity contribution in [2.45, 2.75) is 31.7 Å². The highest BCUT2D eigenvalue weighted by Gasteiger charge is 2.27. The molecule has 0 aliphatic heterocycles. The number of aliphatic hydroxyl groups is 1. The molecule has 0 aromatic heterocycles. The largest absolute Gasteiger partial charge is 0.396 e. The van der Waals surface area contributed by atoms with Crippen LogP contribution in [0.1, 0.15) is 41.1 Å². The molecule has 0 fully saturated rings. The van der Waals surface area contributed by atoms with E-state index < -0.39 is 5.91 Å². The van der Waals surface area contributed by atoms with E-state index in [4.69, 9.17) is 16.8 Å². The fourth-order valence-electron chi connectivity index (χ4n) is 3.97. The molecule has 1 aliphatic rings. The van der Waals surface area contributed by atoms with Crippen LogP contribution in [0.3, 0.4) is 0 Å². The minimum atomic E-state index is -0.543. The number of carbonyl (C=O) groups excluding carboxylic acids is 1. The van der Waals surface area contributed by atoms with Gasteiger partial charge in [-0.3, -0.25) is 14.9 Å². The second-order valence-corrected chi connectivity index (χ2v) is 7.68. The van der Waals surface area contributed by atoms with Crippen molar-refractivity contribution in [3.8, 4) is 0 Å². The van der Waals surface area contributed by atoms with Gasteiger partial charge in [0.15, 0.2) is 0 Å². The van der Waals surface area contributed by atoms with Gasteiger partial charge in [-0.15, -0.1) is 0 Å². The number of rotatable bonds is 9. The van der Waals surface area contributed by atoms with Crippen molar-refractivity contribution in [1.29, 1.82) is 0 Å². The molecule has 0 bridgehead atoms. The van der Waals surface area contributed by atoms with Crippen LogP contribution >= 0.6 is 11.6 Å². The van der Waals surface area contributed by atoms with Crippen molar-refractivity contribution in [2.75, 3.05) is 19.7 Å². The van der Waals surface area contributed by atoms with E-state index in [9.17, 15) is 9.90 Å². The Kier molecular flexibility index (Phi) is 7.83. The molecule has 0 spiro atoms. The van der Waals surface area contributed by atoms with Gasteiger partial charge in [0.05, 0.1) is 0 Å². The molecule has 5 nitrogen and oxygen atoms in total. The Bertz CT molecular complexity index is 869.